The van der Waals surface area contributed by atoms with Gasteiger partial charge in [0.25, 0.3) is 0 Å². The third-order valence-corrected chi connectivity index (χ3v) is 12.4. The number of amides is 6. The average Bonchev–Trinajstić information content (AvgIpc) is 3.40. The molecule has 7 aliphatic rings. The van der Waals surface area contributed by atoms with E-state index in [1.54, 1.807) is 0 Å². The molecule has 0 N–H and O–H groups in total. The highest BCUT2D eigenvalue weighted by Gasteiger charge is 2.75. The molecule has 4 saturated heterocycles. The molecule has 0 aromatic heterocycles. The minimum Gasteiger partial charge on any atom is -0.312 e. The fraction of sp³-hybridized carbons (Fsp3) is 0.909. The summed E-state index contributed by atoms with van der Waals surface area (Å²) < 4.78 is 0. The largest absolute Gasteiger partial charge is 0.324 e. The Kier molecular flexibility index (Phi) is 6.57. The minimum absolute atomic E-state index is 0.0124. The van der Waals surface area contributed by atoms with Gasteiger partial charge in [0.1, 0.15) is 18.5 Å². The summed E-state index contributed by atoms with van der Waals surface area (Å²) in [6, 6.07) is 0.561. The van der Waals surface area contributed by atoms with E-state index >= 15 is 0 Å². The number of carbonyl (C=O) groups is 3. The van der Waals surface area contributed by atoms with Crippen LogP contribution in [0.25, 0.3) is 0 Å². The van der Waals surface area contributed by atoms with Crippen LogP contribution in [0.2, 0.25) is 0 Å². The van der Waals surface area contributed by atoms with Gasteiger partial charge < -0.3 is 14.7 Å². The van der Waals surface area contributed by atoms with Crippen LogP contribution in [-0.4, -0.2) is 101 Å². The van der Waals surface area contributed by atoms with Crippen LogP contribution in [0, 0.1) is 0 Å². The zero-order chi connectivity index (χ0) is 29.8. The lowest BCUT2D eigenvalue weighted by molar-refractivity contribution is -0.123. The molecule has 0 radical (unpaired) electrons. The Morgan fingerprint density at radius 3 is 0.833 bits per heavy atom. The van der Waals surface area contributed by atoms with Crippen LogP contribution in [0.3, 0.4) is 0 Å². The molecule has 0 unspecified atom stereocenters. The molecule has 0 atom stereocenters. The van der Waals surface area contributed by atoms with Gasteiger partial charge in [0, 0.05) is 18.1 Å². The van der Waals surface area contributed by atoms with Crippen molar-refractivity contribution in [2.75, 3.05) is 0 Å². The van der Waals surface area contributed by atoms with Gasteiger partial charge in [-0.1, -0.05) is 57.8 Å². The second-order valence-electron chi connectivity index (χ2n) is 16.1. The average molecular weight is 583 g/mol. The molecule has 234 valence electrons. The summed E-state index contributed by atoms with van der Waals surface area (Å²) in [6.45, 7) is 13.1. The third kappa shape index (κ3) is 3.69. The summed E-state index contributed by atoms with van der Waals surface area (Å²) in [5.41, 5.74) is -1.72. The second kappa shape index (κ2) is 9.65. The lowest BCUT2D eigenvalue weighted by atomic mass is 9.86. The van der Waals surface area contributed by atoms with Crippen molar-refractivity contribution in [3.63, 3.8) is 0 Å². The lowest BCUT2D eigenvalue weighted by Gasteiger charge is -2.55. The highest BCUT2D eigenvalue weighted by atomic mass is 16.2. The highest BCUT2D eigenvalue weighted by Crippen LogP contribution is 2.56. The first-order valence-corrected chi connectivity index (χ1v) is 17.3. The maximum absolute atomic E-state index is 14.9. The van der Waals surface area contributed by atoms with Crippen LogP contribution in [0.4, 0.5) is 14.4 Å². The van der Waals surface area contributed by atoms with E-state index in [1.807, 2.05) is 14.7 Å². The van der Waals surface area contributed by atoms with Crippen LogP contribution in [0.5, 0.6) is 0 Å². The summed E-state index contributed by atoms with van der Waals surface area (Å²) in [6.07, 6.45) is 15.3. The standard InChI is InChI=1S/C33H54N6O3/c1-31(2)25-34(28(40)37(31)22-16-10-7-11-17-22)26-32(3,4)39(24-20-14-9-15-21-24)30(42)36(26)27-33(5,6)38(29(41)35(25)27)23-18-12-8-13-19-23/h22-27H,7-21H2,1-6H3. The molecule has 0 bridgehead atoms. The number of urea groups is 3. The van der Waals surface area contributed by atoms with Crippen molar-refractivity contribution in [3.8, 4) is 0 Å². The molecule has 0 spiro atoms. The molecule has 4 aliphatic heterocycles. The van der Waals surface area contributed by atoms with E-state index in [4.69, 9.17) is 0 Å². The first-order chi connectivity index (χ1) is 19.9. The van der Waals surface area contributed by atoms with Gasteiger partial charge in [0.15, 0.2) is 0 Å². The topological polar surface area (TPSA) is 70.7 Å². The third-order valence-electron chi connectivity index (χ3n) is 12.4. The second-order valence-corrected chi connectivity index (χ2v) is 16.1. The summed E-state index contributed by atoms with van der Waals surface area (Å²) >= 11 is 0. The van der Waals surface area contributed by atoms with E-state index in [1.165, 1.54) is 19.3 Å². The maximum Gasteiger partial charge on any atom is 0.324 e. The Hall–Kier alpha value is -2.19. The number of hydrogen-bond acceptors (Lipinski definition) is 3. The van der Waals surface area contributed by atoms with Crippen LogP contribution in [0.1, 0.15) is 138 Å². The van der Waals surface area contributed by atoms with Crippen molar-refractivity contribution in [2.24, 2.45) is 0 Å². The van der Waals surface area contributed by atoms with Gasteiger partial charge >= 0.3 is 18.1 Å². The fourth-order valence-corrected chi connectivity index (χ4v) is 10.9. The molecule has 3 aliphatic carbocycles. The molecule has 9 nitrogen and oxygen atoms in total. The Labute approximate surface area is 252 Å². The van der Waals surface area contributed by atoms with Crippen molar-refractivity contribution >= 4 is 18.1 Å². The van der Waals surface area contributed by atoms with E-state index in [2.05, 4.69) is 56.2 Å². The molecule has 0 aromatic carbocycles. The van der Waals surface area contributed by atoms with Crippen LogP contribution < -0.4 is 0 Å². The Balaban J connectivity index is 1.38. The quantitative estimate of drug-likeness (QED) is 0.380. The van der Waals surface area contributed by atoms with E-state index in [9.17, 15) is 14.4 Å². The SMILES string of the molecule is CC1(C)C2N3C(=O)N(C4CCCCC4)C(C)(C)C3N3C(=O)N(C4CCCCC4)C(C)(C)C3N2C(=O)N1C1CCCCC1. The molecular weight excluding hydrogens is 528 g/mol. The normalized spacial score (nSPS) is 35.3. The Bertz CT molecular complexity index is 969. The monoisotopic (exact) mass is 582 g/mol. The predicted molar refractivity (Wildman–Crippen MR) is 161 cm³/mol. The molecule has 0 aromatic rings. The summed E-state index contributed by atoms with van der Waals surface area (Å²) in [5.74, 6) is 0. The number of carbonyl (C=O) groups excluding carboxylic acids is 3. The predicted octanol–water partition coefficient (Wildman–Crippen LogP) is 6.53. The van der Waals surface area contributed by atoms with Crippen LogP contribution in [-0.2, 0) is 0 Å². The van der Waals surface area contributed by atoms with E-state index in [0.29, 0.717) is 0 Å². The molecule has 42 heavy (non-hydrogen) atoms. The van der Waals surface area contributed by atoms with Crippen molar-refractivity contribution in [1.29, 1.82) is 0 Å². The number of rotatable bonds is 3. The van der Waals surface area contributed by atoms with Crippen molar-refractivity contribution in [2.45, 2.75) is 191 Å². The number of fused-ring (bicyclic) bond motifs is 6. The van der Waals surface area contributed by atoms with Crippen molar-refractivity contribution in [3.05, 3.63) is 0 Å². The molecular formula is C33H54N6O3. The smallest absolute Gasteiger partial charge is 0.312 e. The number of hydrogen-bond donors (Lipinski definition) is 0. The van der Waals surface area contributed by atoms with Crippen molar-refractivity contribution in [1.82, 2.24) is 29.4 Å². The molecule has 7 rings (SSSR count). The molecule has 4 heterocycles. The first-order valence-electron chi connectivity index (χ1n) is 17.3. The van der Waals surface area contributed by atoms with Gasteiger partial charge in [-0.05, 0) is 80.1 Å². The van der Waals surface area contributed by atoms with E-state index in [0.717, 1.165) is 77.0 Å². The molecule has 3 saturated carbocycles. The molecule has 9 heteroatoms. The van der Waals surface area contributed by atoms with Gasteiger partial charge in [-0.3, -0.25) is 14.7 Å². The highest BCUT2D eigenvalue weighted by molar-refractivity contribution is 5.89. The van der Waals surface area contributed by atoms with Crippen molar-refractivity contribution < 1.29 is 14.4 Å². The van der Waals surface area contributed by atoms with Crippen LogP contribution >= 0.6 is 0 Å². The summed E-state index contributed by atoms with van der Waals surface area (Å²) in [4.78, 5) is 57.0. The minimum atomic E-state index is -0.574. The van der Waals surface area contributed by atoms with E-state index in [-0.39, 0.29) is 36.2 Å². The maximum atomic E-state index is 14.9. The van der Waals surface area contributed by atoms with Gasteiger partial charge in [0.05, 0.1) is 16.6 Å². The summed E-state index contributed by atoms with van der Waals surface area (Å²) in [5, 5.41) is 0. The van der Waals surface area contributed by atoms with Gasteiger partial charge in [-0.2, -0.15) is 0 Å². The lowest BCUT2D eigenvalue weighted by Crippen LogP contribution is -2.75. The van der Waals surface area contributed by atoms with Gasteiger partial charge in [0.2, 0.25) is 0 Å². The fourth-order valence-electron chi connectivity index (χ4n) is 10.9. The Morgan fingerprint density at radius 2 is 0.619 bits per heavy atom. The Morgan fingerprint density at radius 1 is 0.405 bits per heavy atom. The summed E-state index contributed by atoms with van der Waals surface area (Å²) in [7, 11) is 0. The zero-order valence-electron chi connectivity index (χ0n) is 27.0. The van der Waals surface area contributed by atoms with Gasteiger partial charge in [-0.15, -0.1) is 0 Å². The molecule has 6 amide bonds. The van der Waals surface area contributed by atoms with Gasteiger partial charge in [-0.25, -0.2) is 14.4 Å². The van der Waals surface area contributed by atoms with Crippen LogP contribution in [0.15, 0.2) is 0 Å². The number of nitrogens with zero attached hydrogens (tertiary/aromatic N) is 6. The first kappa shape index (κ1) is 28.6. The van der Waals surface area contributed by atoms with E-state index < -0.39 is 35.1 Å². The molecule has 7 fully saturated rings. The zero-order valence-corrected chi connectivity index (χ0v) is 27.0.